The monoisotopic (exact) mass is 457 g/mol. The molecule has 0 unspecified atom stereocenters. The maximum Gasteiger partial charge on any atom is 0.339 e. The van der Waals surface area contributed by atoms with Crippen LogP contribution in [0.2, 0.25) is 0 Å². The topological polar surface area (TPSA) is 107 Å². The molecular formula is C21H20FN5O4S. The Hall–Kier alpha value is -3.60. The van der Waals surface area contributed by atoms with E-state index >= 15 is 0 Å². The van der Waals surface area contributed by atoms with Crippen molar-refractivity contribution in [3.05, 3.63) is 59.4 Å². The van der Waals surface area contributed by atoms with Gasteiger partial charge in [-0.3, -0.25) is 4.79 Å². The van der Waals surface area contributed by atoms with Crippen LogP contribution in [0.25, 0.3) is 0 Å². The molecule has 1 saturated heterocycles. The number of hydrogen-bond donors (Lipinski definition) is 1. The summed E-state index contributed by atoms with van der Waals surface area (Å²) in [6, 6.07) is 8.34. The van der Waals surface area contributed by atoms with Crippen LogP contribution in [0.15, 0.2) is 48.1 Å². The summed E-state index contributed by atoms with van der Waals surface area (Å²) in [4.78, 5) is 38.6. The first-order valence-electron chi connectivity index (χ1n) is 9.82. The number of benzene rings is 1. The number of halogens is 1. The molecule has 4 rings (SSSR count). The number of hydrogen-bond acceptors (Lipinski definition) is 9. The summed E-state index contributed by atoms with van der Waals surface area (Å²) in [5.41, 5.74) is 0.739. The van der Waals surface area contributed by atoms with Crippen molar-refractivity contribution in [2.24, 2.45) is 0 Å². The molecular weight excluding hydrogens is 437 g/mol. The lowest BCUT2D eigenvalue weighted by Gasteiger charge is -2.33. The second kappa shape index (κ2) is 9.69. The Balaban J connectivity index is 1.39. The van der Waals surface area contributed by atoms with Gasteiger partial charge < -0.3 is 19.7 Å². The van der Waals surface area contributed by atoms with Gasteiger partial charge in [0.15, 0.2) is 11.3 Å². The van der Waals surface area contributed by atoms with Crippen molar-refractivity contribution >= 4 is 34.0 Å². The lowest BCUT2D eigenvalue weighted by atomic mass is 10.1. The van der Waals surface area contributed by atoms with Crippen molar-refractivity contribution in [3.63, 3.8) is 0 Å². The number of carbonyl (C=O) groups excluding carboxylic acids is 2. The molecule has 166 valence electrons. The van der Waals surface area contributed by atoms with Gasteiger partial charge in [-0.1, -0.05) is 12.1 Å². The van der Waals surface area contributed by atoms with Crippen LogP contribution in [0.5, 0.6) is 6.01 Å². The van der Waals surface area contributed by atoms with Crippen LogP contribution in [-0.4, -0.2) is 59.3 Å². The number of anilines is 2. The summed E-state index contributed by atoms with van der Waals surface area (Å²) in [7, 11) is 1.27. The number of esters is 1. The number of piperidine rings is 1. The third kappa shape index (κ3) is 4.83. The fraction of sp³-hybridized carbons (Fsp3) is 0.286. The molecule has 1 fully saturated rings. The van der Waals surface area contributed by atoms with E-state index in [-0.39, 0.29) is 23.8 Å². The fourth-order valence-corrected chi connectivity index (χ4v) is 4.09. The Morgan fingerprint density at radius 2 is 2.00 bits per heavy atom. The number of ether oxygens (including phenoxy) is 2. The number of thiazole rings is 1. The molecule has 32 heavy (non-hydrogen) atoms. The molecule has 1 amide bonds. The predicted molar refractivity (Wildman–Crippen MR) is 116 cm³/mol. The predicted octanol–water partition coefficient (Wildman–Crippen LogP) is 2.97. The average molecular weight is 457 g/mol. The van der Waals surface area contributed by atoms with Gasteiger partial charge in [0.2, 0.25) is 0 Å². The molecule has 1 aromatic carbocycles. The van der Waals surface area contributed by atoms with E-state index in [0.717, 1.165) is 0 Å². The number of nitrogens with zero attached hydrogens (tertiary/aromatic N) is 4. The van der Waals surface area contributed by atoms with Gasteiger partial charge in [-0.25, -0.2) is 24.1 Å². The van der Waals surface area contributed by atoms with Crippen molar-refractivity contribution in [2.45, 2.75) is 18.7 Å². The van der Waals surface area contributed by atoms with Crippen LogP contribution < -0.4 is 15.0 Å². The summed E-state index contributed by atoms with van der Waals surface area (Å²) < 4.78 is 25.0. The lowest BCUT2D eigenvalue weighted by molar-refractivity contribution is 0.0602. The molecule has 9 nitrogen and oxygen atoms in total. The summed E-state index contributed by atoms with van der Waals surface area (Å²) in [6.45, 7) is 0.592. The molecule has 0 bridgehead atoms. The van der Waals surface area contributed by atoms with Crippen molar-refractivity contribution in [2.75, 3.05) is 30.4 Å². The van der Waals surface area contributed by atoms with E-state index in [9.17, 15) is 14.0 Å². The minimum Gasteiger partial charge on any atom is -0.465 e. The summed E-state index contributed by atoms with van der Waals surface area (Å²) in [5, 5.41) is 4.81. The molecule has 1 aliphatic rings. The first-order valence-corrected chi connectivity index (χ1v) is 10.7. The van der Waals surface area contributed by atoms with E-state index in [1.54, 1.807) is 40.6 Å². The Kier molecular flexibility index (Phi) is 6.55. The zero-order valence-electron chi connectivity index (χ0n) is 17.1. The van der Waals surface area contributed by atoms with Crippen molar-refractivity contribution in [3.8, 4) is 6.01 Å². The van der Waals surface area contributed by atoms with Crippen LogP contribution in [0.4, 0.5) is 15.2 Å². The molecule has 0 saturated carbocycles. The second-order valence-electron chi connectivity index (χ2n) is 6.94. The zero-order valence-corrected chi connectivity index (χ0v) is 17.9. The number of rotatable bonds is 6. The molecule has 0 spiro atoms. The summed E-state index contributed by atoms with van der Waals surface area (Å²) >= 11 is 1.25. The number of aromatic nitrogens is 3. The van der Waals surface area contributed by atoms with Gasteiger partial charge in [-0.15, -0.1) is 11.3 Å². The third-order valence-corrected chi connectivity index (χ3v) is 5.76. The van der Waals surface area contributed by atoms with E-state index in [0.29, 0.717) is 23.8 Å². The largest absolute Gasteiger partial charge is 0.465 e. The quantitative estimate of drug-likeness (QED) is 0.563. The van der Waals surface area contributed by atoms with Gasteiger partial charge in [-0.05, 0) is 18.2 Å². The van der Waals surface area contributed by atoms with E-state index in [4.69, 9.17) is 9.47 Å². The lowest BCUT2D eigenvalue weighted by Crippen LogP contribution is -2.47. The molecule has 3 aromatic rings. The summed E-state index contributed by atoms with van der Waals surface area (Å²) in [6.07, 6.45) is 1.59. The normalized spacial score (nSPS) is 18.1. The highest BCUT2D eigenvalue weighted by atomic mass is 32.1. The Morgan fingerprint density at radius 3 is 2.75 bits per heavy atom. The molecule has 1 aliphatic heterocycles. The van der Waals surface area contributed by atoms with Gasteiger partial charge >= 0.3 is 12.0 Å². The number of carbonyl (C=O) groups is 2. The van der Waals surface area contributed by atoms with Gasteiger partial charge in [0.05, 0.1) is 24.9 Å². The first-order chi connectivity index (χ1) is 15.5. The van der Waals surface area contributed by atoms with E-state index in [1.165, 1.54) is 30.8 Å². The highest BCUT2D eigenvalue weighted by molar-refractivity contribution is 7.14. The third-order valence-electron chi connectivity index (χ3n) is 4.86. The fourth-order valence-electron chi connectivity index (χ4n) is 3.25. The summed E-state index contributed by atoms with van der Waals surface area (Å²) in [5.74, 6) is -1.03. The Bertz CT molecular complexity index is 1100. The highest BCUT2D eigenvalue weighted by Crippen LogP contribution is 2.27. The number of alkyl halides is 1. The number of methoxy groups -OCH3 is 1. The maximum atomic E-state index is 14.7. The Morgan fingerprint density at radius 1 is 1.22 bits per heavy atom. The number of amides is 1. The van der Waals surface area contributed by atoms with E-state index in [2.05, 4.69) is 20.3 Å². The standard InChI is InChI=1S/C21H20FN5O4S/c1-30-19(29)13-5-2-3-6-15(13)25-18(28)16-12-32-21(26-16)27-10-7-17(14(22)11-27)31-20-23-8-4-9-24-20/h2-6,8-9,12,14,17H,7,10-11H2,1H3,(H,25,28)/t14-,17+/m1/s1. The average Bonchev–Trinajstić information content (AvgIpc) is 3.31. The number of para-hydroxylation sites is 1. The van der Waals surface area contributed by atoms with Crippen LogP contribution in [-0.2, 0) is 4.74 Å². The molecule has 0 radical (unpaired) electrons. The zero-order chi connectivity index (χ0) is 22.5. The first kappa shape index (κ1) is 21.6. The van der Waals surface area contributed by atoms with Gasteiger partial charge in [0.25, 0.3) is 5.91 Å². The molecule has 11 heteroatoms. The van der Waals surface area contributed by atoms with Crippen LogP contribution in [0.1, 0.15) is 27.3 Å². The molecule has 2 aromatic heterocycles. The smallest absolute Gasteiger partial charge is 0.339 e. The van der Waals surface area contributed by atoms with Gasteiger partial charge in [0, 0.05) is 30.7 Å². The van der Waals surface area contributed by atoms with Crippen LogP contribution in [0.3, 0.4) is 0 Å². The van der Waals surface area contributed by atoms with Crippen molar-refractivity contribution < 1.29 is 23.5 Å². The SMILES string of the molecule is COC(=O)c1ccccc1NC(=O)c1csc(N2CC[C@H](Oc3ncccn3)[C@H](F)C2)n1. The van der Waals surface area contributed by atoms with E-state index < -0.39 is 24.2 Å². The maximum absolute atomic E-state index is 14.7. The van der Waals surface area contributed by atoms with Crippen molar-refractivity contribution in [1.29, 1.82) is 0 Å². The highest BCUT2D eigenvalue weighted by Gasteiger charge is 2.33. The van der Waals surface area contributed by atoms with Crippen molar-refractivity contribution in [1.82, 2.24) is 15.0 Å². The number of nitrogens with one attached hydrogen (secondary N) is 1. The Labute approximate surface area is 187 Å². The van der Waals surface area contributed by atoms with Gasteiger partial charge in [0.1, 0.15) is 11.8 Å². The van der Waals surface area contributed by atoms with Crippen LogP contribution in [0, 0.1) is 0 Å². The second-order valence-corrected chi connectivity index (χ2v) is 7.78. The molecule has 0 aliphatic carbocycles. The van der Waals surface area contributed by atoms with Crippen LogP contribution >= 0.6 is 11.3 Å². The molecule has 2 atom stereocenters. The molecule has 3 heterocycles. The molecule has 1 N–H and O–H groups in total. The minimum atomic E-state index is -1.26. The van der Waals surface area contributed by atoms with Gasteiger partial charge in [-0.2, -0.15) is 0 Å². The van der Waals surface area contributed by atoms with E-state index in [1.807, 2.05) is 0 Å². The minimum absolute atomic E-state index is 0.0806.